The Hall–Kier alpha value is -0.0800. The van der Waals surface area contributed by atoms with Gasteiger partial charge in [-0.25, -0.2) is 0 Å². The Kier molecular flexibility index (Phi) is 5.07. The molecule has 0 saturated carbocycles. The lowest BCUT2D eigenvalue weighted by atomic mass is 9.85. The second-order valence-corrected chi connectivity index (χ2v) is 5.54. The van der Waals surface area contributed by atoms with E-state index in [-0.39, 0.29) is 0 Å². The fraction of sp³-hybridized carbons (Fsp3) is 1.00. The van der Waals surface area contributed by atoms with Crippen LogP contribution in [0.1, 0.15) is 41.0 Å². The highest BCUT2D eigenvalue weighted by Gasteiger charge is 2.29. The van der Waals surface area contributed by atoms with Crippen molar-refractivity contribution in [3.05, 3.63) is 0 Å². The van der Waals surface area contributed by atoms with Crippen molar-refractivity contribution < 1.29 is 0 Å². The van der Waals surface area contributed by atoms with Crippen molar-refractivity contribution in [1.82, 2.24) is 10.2 Å². The molecular weight excluding hydrogens is 184 g/mol. The van der Waals surface area contributed by atoms with E-state index in [0.717, 1.165) is 18.4 Å². The van der Waals surface area contributed by atoms with Crippen LogP contribution in [-0.2, 0) is 0 Å². The van der Waals surface area contributed by atoms with Gasteiger partial charge in [0.15, 0.2) is 0 Å². The molecule has 0 bridgehead atoms. The van der Waals surface area contributed by atoms with Crippen LogP contribution in [-0.4, -0.2) is 36.6 Å². The normalized spacial score (nSPS) is 29.0. The van der Waals surface area contributed by atoms with E-state index >= 15 is 0 Å². The fourth-order valence-corrected chi connectivity index (χ4v) is 2.51. The summed E-state index contributed by atoms with van der Waals surface area (Å²) in [5, 5.41) is 3.61. The van der Waals surface area contributed by atoms with Crippen molar-refractivity contribution in [2.75, 3.05) is 19.6 Å². The van der Waals surface area contributed by atoms with Crippen LogP contribution in [0.4, 0.5) is 0 Å². The van der Waals surface area contributed by atoms with E-state index in [9.17, 15) is 0 Å². The first-order valence-electron chi connectivity index (χ1n) is 6.52. The predicted molar refractivity (Wildman–Crippen MR) is 67.1 cm³/mol. The lowest BCUT2D eigenvalue weighted by molar-refractivity contribution is 0.0912. The summed E-state index contributed by atoms with van der Waals surface area (Å²) in [5.74, 6) is 1.68. The highest BCUT2D eigenvalue weighted by atomic mass is 15.2. The molecule has 2 atom stereocenters. The molecule has 0 radical (unpaired) electrons. The first-order valence-corrected chi connectivity index (χ1v) is 6.52. The molecule has 0 aromatic rings. The van der Waals surface area contributed by atoms with E-state index in [0.29, 0.717) is 12.1 Å². The van der Waals surface area contributed by atoms with Gasteiger partial charge >= 0.3 is 0 Å². The molecule has 0 spiro atoms. The maximum atomic E-state index is 3.61. The summed E-state index contributed by atoms with van der Waals surface area (Å²) < 4.78 is 0. The van der Waals surface area contributed by atoms with Crippen LogP contribution in [0.25, 0.3) is 0 Å². The summed E-state index contributed by atoms with van der Waals surface area (Å²) in [7, 11) is 0. The van der Waals surface area contributed by atoms with Crippen LogP contribution < -0.4 is 5.32 Å². The molecule has 2 nitrogen and oxygen atoms in total. The molecule has 1 saturated heterocycles. The minimum atomic E-state index is 0.688. The lowest BCUT2D eigenvalue weighted by Gasteiger charge is -2.41. The van der Waals surface area contributed by atoms with Gasteiger partial charge in [0.25, 0.3) is 0 Å². The van der Waals surface area contributed by atoms with Crippen molar-refractivity contribution in [3.63, 3.8) is 0 Å². The maximum Gasteiger partial charge on any atom is 0.0198 e. The Morgan fingerprint density at radius 3 is 2.33 bits per heavy atom. The van der Waals surface area contributed by atoms with Crippen LogP contribution in [0.5, 0.6) is 0 Å². The number of likely N-dealkylation sites (N-methyl/N-ethyl adjacent to an activating group) is 1. The topological polar surface area (TPSA) is 15.3 Å². The Labute approximate surface area is 95.4 Å². The summed E-state index contributed by atoms with van der Waals surface area (Å²) >= 11 is 0. The Morgan fingerprint density at radius 2 is 1.87 bits per heavy atom. The third kappa shape index (κ3) is 3.76. The van der Waals surface area contributed by atoms with E-state index in [1.807, 2.05) is 0 Å². The van der Waals surface area contributed by atoms with Gasteiger partial charge in [-0.15, -0.1) is 0 Å². The van der Waals surface area contributed by atoms with Gasteiger partial charge in [0.05, 0.1) is 0 Å². The molecule has 2 heteroatoms. The van der Waals surface area contributed by atoms with Gasteiger partial charge < -0.3 is 5.32 Å². The highest BCUT2D eigenvalue weighted by molar-refractivity contribution is 4.85. The number of nitrogens with one attached hydrogen (secondary N) is 1. The number of likely N-dealkylation sites (tertiary alicyclic amines) is 1. The summed E-state index contributed by atoms with van der Waals surface area (Å²) in [6, 6.07) is 1.39. The molecule has 1 aliphatic heterocycles. The average Bonchev–Trinajstić information content (AvgIpc) is 2.17. The van der Waals surface area contributed by atoms with Crippen molar-refractivity contribution in [3.8, 4) is 0 Å². The fourth-order valence-electron chi connectivity index (χ4n) is 2.51. The Balaban J connectivity index is 2.56. The maximum absolute atomic E-state index is 3.61. The summed E-state index contributed by atoms with van der Waals surface area (Å²) in [6.45, 7) is 15.2. The van der Waals surface area contributed by atoms with E-state index in [4.69, 9.17) is 0 Å². The average molecular weight is 212 g/mol. The van der Waals surface area contributed by atoms with E-state index in [1.54, 1.807) is 0 Å². The molecule has 90 valence electrons. The van der Waals surface area contributed by atoms with Gasteiger partial charge in [0.2, 0.25) is 0 Å². The monoisotopic (exact) mass is 212 g/mol. The SMILES string of the molecule is CCNC1CC(C(C)C)CN(C(C)C)C1. The first-order chi connectivity index (χ1) is 7.04. The summed E-state index contributed by atoms with van der Waals surface area (Å²) in [4.78, 5) is 2.63. The van der Waals surface area contributed by atoms with Crippen molar-refractivity contribution >= 4 is 0 Å². The molecule has 1 rings (SSSR count). The minimum absolute atomic E-state index is 0.688. The minimum Gasteiger partial charge on any atom is -0.313 e. The van der Waals surface area contributed by atoms with Crippen LogP contribution >= 0.6 is 0 Å². The van der Waals surface area contributed by atoms with Crippen molar-refractivity contribution in [2.45, 2.75) is 53.1 Å². The van der Waals surface area contributed by atoms with E-state index in [1.165, 1.54) is 19.5 Å². The standard InChI is InChI=1S/C13H28N2/c1-6-14-13-7-12(10(2)3)8-15(9-13)11(4)5/h10-14H,6-9H2,1-5H3. The van der Waals surface area contributed by atoms with E-state index in [2.05, 4.69) is 44.8 Å². The van der Waals surface area contributed by atoms with Gasteiger partial charge in [0, 0.05) is 25.2 Å². The van der Waals surface area contributed by atoms with Crippen LogP contribution in [0.3, 0.4) is 0 Å². The predicted octanol–water partition coefficient (Wildman–Crippen LogP) is 2.35. The van der Waals surface area contributed by atoms with Crippen molar-refractivity contribution in [2.24, 2.45) is 11.8 Å². The van der Waals surface area contributed by atoms with Crippen LogP contribution in [0, 0.1) is 11.8 Å². The smallest absolute Gasteiger partial charge is 0.0198 e. The number of rotatable bonds is 4. The van der Waals surface area contributed by atoms with Gasteiger partial charge in [0.1, 0.15) is 0 Å². The molecule has 0 aromatic carbocycles. The molecule has 0 aliphatic carbocycles. The molecule has 1 fully saturated rings. The van der Waals surface area contributed by atoms with Gasteiger partial charge in [-0.05, 0) is 38.6 Å². The molecule has 0 aromatic heterocycles. The molecule has 1 N–H and O–H groups in total. The molecule has 2 unspecified atom stereocenters. The van der Waals surface area contributed by atoms with Crippen molar-refractivity contribution in [1.29, 1.82) is 0 Å². The highest BCUT2D eigenvalue weighted by Crippen LogP contribution is 2.24. The number of hydrogen-bond donors (Lipinski definition) is 1. The molecule has 1 aliphatic rings. The molecular formula is C13H28N2. The van der Waals surface area contributed by atoms with E-state index < -0.39 is 0 Å². The third-order valence-corrected chi connectivity index (χ3v) is 3.68. The van der Waals surface area contributed by atoms with Gasteiger partial charge in [-0.3, -0.25) is 4.90 Å². The zero-order valence-corrected chi connectivity index (χ0v) is 11.1. The number of piperidine rings is 1. The zero-order chi connectivity index (χ0) is 11.4. The quantitative estimate of drug-likeness (QED) is 0.769. The Morgan fingerprint density at radius 1 is 1.20 bits per heavy atom. The van der Waals surface area contributed by atoms with Crippen LogP contribution in [0.15, 0.2) is 0 Å². The number of nitrogens with zero attached hydrogens (tertiary/aromatic N) is 1. The second-order valence-electron chi connectivity index (χ2n) is 5.54. The molecule has 15 heavy (non-hydrogen) atoms. The molecule has 1 heterocycles. The van der Waals surface area contributed by atoms with Gasteiger partial charge in [-0.2, -0.15) is 0 Å². The first kappa shape index (κ1) is 13.0. The number of hydrogen-bond acceptors (Lipinski definition) is 2. The zero-order valence-electron chi connectivity index (χ0n) is 11.1. The summed E-state index contributed by atoms with van der Waals surface area (Å²) in [6.07, 6.45) is 1.36. The summed E-state index contributed by atoms with van der Waals surface area (Å²) in [5.41, 5.74) is 0. The third-order valence-electron chi connectivity index (χ3n) is 3.68. The largest absolute Gasteiger partial charge is 0.313 e. The van der Waals surface area contributed by atoms with Gasteiger partial charge in [-0.1, -0.05) is 20.8 Å². The lowest BCUT2D eigenvalue weighted by Crippen LogP contribution is -2.52. The second kappa shape index (κ2) is 5.86. The Bertz CT molecular complexity index is 161. The van der Waals surface area contributed by atoms with Crippen LogP contribution in [0.2, 0.25) is 0 Å². The molecule has 0 amide bonds.